The highest BCUT2D eigenvalue weighted by Crippen LogP contribution is 2.22. The van der Waals surface area contributed by atoms with E-state index in [2.05, 4.69) is 22.6 Å². The molecule has 4 heteroatoms. The Morgan fingerprint density at radius 2 is 2.00 bits per heavy atom. The maximum Gasteiger partial charge on any atom is 0.255 e. The summed E-state index contributed by atoms with van der Waals surface area (Å²) in [7, 11) is 1.62. The summed E-state index contributed by atoms with van der Waals surface area (Å²) >= 11 is 2.20. The first kappa shape index (κ1) is 12.7. The predicted octanol–water partition coefficient (Wildman–Crippen LogP) is 2.93. The Morgan fingerprint density at radius 3 is 2.65 bits per heavy atom. The molecule has 1 aromatic rings. The number of halogens is 1. The number of piperidine rings is 1. The normalized spacial score (nSPS) is 15.8. The second-order valence-corrected chi connectivity index (χ2v) is 5.36. The van der Waals surface area contributed by atoms with Gasteiger partial charge in [0.15, 0.2) is 0 Å². The van der Waals surface area contributed by atoms with Crippen LogP contribution in [0.1, 0.15) is 29.6 Å². The highest BCUT2D eigenvalue weighted by atomic mass is 127. The lowest BCUT2D eigenvalue weighted by molar-refractivity contribution is 0.0723. The minimum Gasteiger partial charge on any atom is -0.497 e. The van der Waals surface area contributed by atoms with Crippen LogP contribution in [0.4, 0.5) is 0 Å². The number of hydrogen-bond acceptors (Lipinski definition) is 2. The Bertz CT molecular complexity index is 414. The topological polar surface area (TPSA) is 29.5 Å². The number of amides is 1. The number of nitrogens with zero attached hydrogens (tertiary/aromatic N) is 1. The summed E-state index contributed by atoms with van der Waals surface area (Å²) in [6.45, 7) is 1.76. The lowest BCUT2D eigenvalue weighted by Crippen LogP contribution is -2.36. The second kappa shape index (κ2) is 5.71. The first-order chi connectivity index (χ1) is 8.22. The first-order valence-electron chi connectivity index (χ1n) is 5.85. The van der Waals surface area contributed by atoms with E-state index in [1.807, 2.05) is 23.1 Å². The fourth-order valence-electron chi connectivity index (χ4n) is 2.06. The molecule has 3 nitrogen and oxygen atoms in total. The van der Waals surface area contributed by atoms with Gasteiger partial charge in [-0.2, -0.15) is 0 Å². The van der Waals surface area contributed by atoms with E-state index < -0.39 is 0 Å². The quantitative estimate of drug-likeness (QED) is 0.772. The smallest absolute Gasteiger partial charge is 0.255 e. The fourth-order valence-corrected chi connectivity index (χ4v) is 2.63. The second-order valence-electron chi connectivity index (χ2n) is 4.20. The molecule has 1 aliphatic heterocycles. The highest BCUT2D eigenvalue weighted by molar-refractivity contribution is 14.1. The van der Waals surface area contributed by atoms with E-state index in [0.717, 1.165) is 40.8 Å². The summed E-state index contributed by atoms with van der Waals surface area (Å²) in [5, 5.41) is 0. The average molecular weight is 345 g/mol. The monoisotopic (exact) mass is 345 g/mol. The van der Waals surface area contributed by atoms with Gasteiger partial charge in [-0.1, -0.05) is 0 Å². The van der Waals surface area contributed by atoms with Gasteiger partial charge in [0.25, 0.3) is 5.91 Å². The number of carbonyl (C=O) groups is 1. The van der Waals surface area contributed by atoms with Crippen LogP contribution in [0, 0.1) is 3.57 Å². The minimum absolute atomic E-state index is 0.132. The zero-order chi connectivity index (χ0) is 12.3. The zero-order valence-corrected chi connectivity index (χ0v) is 12.1. The predicted molar refractivity (Wildman–Crippen MR) is 75.5 cm³/mol. The molecule has 1 amide bonds. The maximum absolute atomic E-state index is 12.4. The number of likely N-dealkylation sites (tertiary alicyclic amines) is 1. The van der Waals surface area contributed by atoms with Gasteiger partial charge >= 0.3 is 0 Å². The molecule has 0 unspecified atom stereocenters. The van der Waals surface area contributed by atoms with Crippen LogP contribution in [0.2, 0.25) is 0 Å². The molecule has 1 saturated heterocycles. The average Bonchev–Trinajstić information content (AvgIpc) is 2.39. The molecule has 0 spiro atoms. The van der Waals surface area contributed by atoms with Gasteiger partial charge in [0.1, 0.15) is 5.75 Å². The summed E-state index contributed by atoms with van der Waals surface area (Å²) in [5.74, 6) is 0.874. The van der Waals surface area contributed by atoms with Crippen LogP contribution in [-0.4, -0.2) is 31.0 Å². The molecule has 0 aliphatic carbocycles. The van der Waals surface area contributed by atoms with Crippen molar-refractivity contribution >= 4 is 28.5 Å². The molecule has 2 rings (SSSR count). The molecule has 92 valence electrons. The summed E-state index contributed by atoms with van der Waals surface area (Å²) in [4.78, 5) is 14.3. The Labute approximate surface area is 115 Å². The molecule has 1 fully saturated rings. The molecule has 0 bridgehead atoms. The molecule has 17 heavy (non-hydrogen) atoms. The lowest BCUT2D eigenvalue weighted by Gasteiger charge is -2.27. The van der Waals surface area contributed by atoms with E-state index in [-0.39, 0.29) is 5.91 Å². The van der Waals surface area contributed by atoms with E-state index in [1.54, 1.807) is 7.11 Å². The maximum atomic E-state index is 12.4. The number of ether oxygens (including phenoxy) is 1. The van der Waals surface area contributed by atoms with Gasteiger partial charge in [0, 0.05) is 16.7 Å². The molecule has 0 radical (unpaired) electrons. The Hall–Kier alpha value is -0.780. The van der Waals surface area contributed by atoms with Crippen molar-refractivity contribution in [3.8, 4) is 5.75 Å². The van der Waals surface area contributed by atoms with Gasteiger partial charge in [0.05, 0.1) is 12.7 Å². The number of benzene rings is 1. The van der Waals surface area contributed by atoms with Crippen molar-refractivity contribution in [3.05, 3.63) is 27.3 Å². The standard InChI is InChI=1S/C13H16INO2/c1-17-10-5-6-12(14)11(9-10)13(16)15-7-3-2-4-8-15/h5-6,9H,2-4,7-8H2,1H3. The van der Waals surface area contributed by atoms with Crippen LogP contribution in [0.25, 0.3) is 0 Å². The van der Waals surface area contributed by atoms with Gasteiger partial charge in [-0.3, -0.25) is 4.79 Å². The SMILES string of the molecule is COc1ccc(I)c(C(=O)N2CCCCC2)c1. The van der Waals surface area contributed by atoms with E-state index in [9.17, 15) is 4.79 Å². The van der Waals surface area contributed by atoms with Crippen LogP contribution in [-0.2, 0) is 0 Å². The van der Waals surface area contributed by atoms with Crippen molar-refractivity contribution < 1.29 is 9.53 Å². The van der Waals surface area contributed by atoms with E-state index >= 15 is 0 Å². The summed E-state index contributed by atoms with van der Waals surface area (Å²) in [6, 6.07) is 5.64. The third-order valence-corrected chi connectivity index (χ3v) is 3.99. The van der Waals surface area contributed by atoms with Crippen LogP contribution >= 0.6 is 22.6 Å². The van der Waals surface area contributed by atoms with Crippen molar-refractivity contribution in [1.29, 1.82) is 0 Å². The van der Waals surface area contributed by atoms with E-state index in [1.165, 1.54) is 6.42 Å². The molecule has 1 aromatic carbocycles. The third kappa shape index (κ3) is 2.91. The van der Waals surface area contributed by atoms with Gasteiger partial charge in [0.2, 0.25) is 0 Å². The fraction of sp³-hybridized carbons (Fsp3) is 0.462. The van der Waals surface area contributed by atoms with Crippen molar-refractivity contribution in [2.75, 3.05) is 20.2 Å². The van der Waals surface area contributed by atoms with Crippen LogP contribution in [0.3, 0.4) is 0 Å². The summed E-state index contributed by atoms with van der Waals surface area (Å²) in [6.07, 6.45) is 3.47. The number of rotatable bonds is 2. The molecule has 0 N–H and O–H groups in total. The lowest BCUT2D eigenvalue weighted by atomic mass is 10.1. The summed E-state index contributed by atoms with van der Waals surface area (Å²) in [5.41, 5.74) is 0.756. The minimum atomic E-state index is 0.132. The molecule has 0 saturated carbocycles. The van der Waals surface area contributed by atoms with Crippen molar-refractivity contribution in [3.63, 3.8) is 0 Å². The van der Waals surface area contributed by atoms with Crippen molar-refractivity contribution in [2.24, 2.45) is 0 Å². The molecule has 1 heterocycles. The Kier molecular flexibility index (Phi) is 4.25. The third-order valence-electron chi connectivity index (χ3n) is 3.05. The first-order valence-corrected chi connectivity index (χ1v) is 6.93. The summed E-state index contributed by atoms with van der Waals surface area (Å²) < 4.78 is 6.16. The molecular formula is C13H16INO2. The number of hydrogen-bond donors (Lipinski definition) is 0. The van der Waals surface area contributed by atoms with Gasteiger partial charge in [-0.05, 0) is 60.1 Å². The highest BCUT2D eigenvalue weighted by Gasteiger charge is 2.20. The van der Waals surface area contributed by atoms with Gasteiger partial charge in [-0.15, -0.1) is 0 Å². The van der Waals surface area contributed by atoms with Gasteiger partial charge < -0.3 is 9.64 Å². The number of methoxy groups -OCH3 is 1. The van der Waals surface area contributed by atoms with Crippen LogP contribution in [0.5, 0.6) is 5.75 Å². The van der Waals surface area contributed by atoms with Crippen molar-refractivity contribution in [2.45, 2.75) is 19.3 Å². The van der Waals surface area contributed by atoms with Crippen LogP contribution in [0.15, 0.2) is 18.2 Å². The Morgan fingerprint density at radius 1 is 1.29 bits per heavy atom. The molecule has 0 aromatic heterocycles. The van der Waals surface area contributed by atoms with Crippen LogP contribution < -0.4 is 4.74 Å². The molecular weight excluding hydrogens is 329 g/mol. The zero-order valence-electron chi connectivity index (χ0n) is 9.91. The van der Waals surface area contributed by atoms with E-state index in [4.69, 9.17) is 4.74 Å². The largest absolute Gasteiger partial charge is 0.497 e. The Balaban J connectivity index is 2.22. The molecule has 1 aliphatic rings. The van der Waals surface area contributed by atoms with E-state index in [0.29, 0.717) is 0 Å². The molecule has 0 atom stereocenters. The van der Waals surface area contributed by atoms with Crippen molar-refractivity contribution in [1.82, 2.24) is 4.90 Å². The van der Waals surface area contributed by atoms with Gasteiger partial charge in [-0.25, -0.2) is 0 Å². The number of carbonyl (C=O) groups excluding carboxylic acids is 1.